The number of aromatic hydroxyl groups is 1. The largest absolute Gasteiger partial charge is 0.505 e. The predicted octanol–water partition coefficient (Wildman–Crippen LogP) is 5.10. The Morgan fingerprint density at radius 3 is 2.76 bits per heavy atom. The Morgan fingerprint density at radius 2 is 1.97 bits per heavy atom. The Morgan fingerprint density at radius 1 is 1.18 bits per heavy atom. The third kappa shape index (κ3) is 4.62. The second kappa shape index (κ2) is 9.23. The highest BCUT2D eigenvalue weighted by atomic mass is 19.1. The van der Waals surface area contributed by atoms with Gasteiger partial charge in [-0.05, 0) is 55.0 Å². The van der Waals surface area contributed by atoms with E-state index in [9.17, 15) is 19.1 Å². The molecule has 1 heterocycles. The molecule has 3 N–H and O–H groups in total. The SMILES string of the molecule is Cc1[nH]n(CCCC(=O)O)c(=O)c1N=Nc1cccc(C2=Cc3cccc(F)c3CC2)c1O. The van der Waals surface area contributed by atoms with Gasteiger partial charge in [-0.2, -0.15) is 0 Å². The Bertz CT molecular complexity index is 1340. The number of aliphatic carboxylic acids is 1. The number of allylic oxidation sites excluding steroid dienone is 1. The lowest BCUT2D eigenvalue weighted by Crippen LogP contribution is -2.17. The van der Waals surface area contributed by atoms with E-state index in [-0.39, 0.29) is 35.9 Å². The summed E-state index contributed by atoms with van der Waals surface area (Å²) in [5.41, 5.74) is 3.27. The molecule has 170 valence electrons. The molecule has 2 aromatic carbocycles. The standard InChI is InChI=1S/C24H23FN4O4/c1-14-22(24(33)29(28-14)12-4-9-21(30)31)27-26-20-8-3-6-18(23(20)32)16-10-11-17-15(13-16)5-2-7-19(17)25/h2-3,5-8,13,28,32H,4,9-12H2,1H3,(H,30,31). The quantitative estimate of drug-likeness (QED) is 0.434. The molecule has 1 aliphatic rings. The molecule has 1 aromatic heterocycles. The fourth-order valence-electron chi connectivity index (χ4n) is 3.94. The predicted molar refractivity (Wildman–Crippen MR) is 122 cm³/mol. The molecule has 0 atom stereocenters. The minimum absolute atomic E-state index is 0.0466. The number of fused-ring (bicyclic) bond motifs is 1. The zero-order chi connectivity index (χ0) is 23.5. The van der Waals surface area contributed by atoms with Crippen molar-refractivity contribution in [1.29, 1.82) is 0 Å². The van der Waals surface area contributed by atoms with Crippen LogP contribution in [-0.2, 0) is 17.8 Å². The highest BCUT2D eigenvalue weighted by molar-refractivity contribution is 5.88. The highest BCUT2D eigenvalue weighted by Crippen LogP contribution is 2.40. The lowest BCUT2D eigenvalue weighted by molar-refractivity contribution is -0.137. The first kappa shape index (κ1) is 22.2. The van der Waals surface area contributed by atoms with Crippen molar-refractivity contribution in [3.05, 3.63) is 75.0 Å². The number of hydrogen-bond acceptors (Lipinski definition) is 5. The molecule has 4 rings (SSSR count). The van der Waals surface area contributed by atoms with E-state index in [1.54, 1.807) is 31.2 Å². The maximum Gasteiger partial charge on any atom is 0.303 e. The average Bonchev–Trinajstić information content (AvgIpc) is 3.05. The molecule has 3 aromatic rings. The highest BCUT2D eigenvalue weighted by Gasteiger charge is 2.18. The summed E-state index contributed by atoms with van der Waals surface area (Å²) >= 11 is 0. The number of H-pyrrole nitrogens is 1. The third-order valence-corrected chi connectivity index (χ3v) is 5.63. The number of phenolic OH excluding ortho intramolecular Hbond substituents is 1. The van der Waals surface area contributed by atoms with E-state index in [1.807, 2.05) is 12.1 Å². The number of aromatic nitrogens is 2. The Labute approximate surface area is 188 Å². The number of nitrogens with zero attached hydrogens (tertiary/aromatic N) is 3. The Hall–Kier alpha value is -4.01. The zero-order valence-electron chi connectivity index (χ0n) is 18.0. The fourth-order valence-corrected chi connectivity index (χ4v) is 3.94. The van der Waals surface area contributed by atoms with Crippen LogP contribution in [0.2, 0.25) is 0 Å². The van der Waals surface area contributed by atoms with Crippen molar-refractivity contribution < 1.29 is 19.4 Å². The van der Waals surface area contributed by atoms with Crippen molar-refractivity contribution in [2.45, 2.75) is 39.2 Å². The van der Waals surface area contributed by atoms with Gasteiger partial charge in [-0.15, -0.1) is 10.2 Å². The molecule has 8 nitrogen and oxygen atoms in total. The topological polar surface area (TPSA) is 120 Å². The molecule has 0 unspecified atom stereocenters. The van der Waals surface area contributed by atoms with Crippen LogP contribution >= 0.6 is 0 Å². The molecule has 33 heavy (non-hydrogen) atoms. The summed E-state index contributed by atoms with van der Waals surface area (Å²) in [4.78, 5) is 23.2. The maximum atomic E-state index is 14.0. The number of aromatic amines is 1. The van der Waals surface area contributed by atoms with E-state index in [4.69, 9.17) is 5.11 Å². The molecular weight excluding hydrogens is 427 g/mol. The van der Waals surface area contributed by atoms with E-state index >= 15 is 0 Å². The van der Waals surface area contributed by atoms with E-state index in [1.165, 1.54) is 10.7 Å². The lowest BCUT2D eigenvalue weighted by Gasteiger charge is -2.18. The molecule has 1 aliphatic carbocycles. The van der Waals surface area contributed by atoms with Crippen LogP contribution in [0.5, 0.6) is 5.75 Å². The normalized spacial score (nSPS) is 13.2. The number of nitrogens with one attached hydrogen (secondary N) is 1. The first-order valence-corrected chi connectivity index (χ1v) is 10.6. The van der Waals surface area contributed by atoms with Gasteiger partial charge in [0.25, 0.3) is 5.56 Å². The van der Waals surface area contributed by atoms with E-state index in [0.29, 0.717) is 36.1 Å². The zero-order valence-corrected chi connectivity index (χ0v) is 18.0. The van der Waals surface area contributed by atoms with Gasteiger partial charge in [0.2, 0.25) is 0 Å². The van der Waals surface area contributed by atoms with E-state index < -0.39 is 11.5 Å². The van der Waals surface area contributed by atoms with Crippen LogP contribution in [0.25, 0.3) is 11.6 Å². The summed E-state index contributed by atoms with van der Waals surface area (Å²) in [5, 5.41) is 30.6. The summed E-state index contributed by atoms with van der Waals surface area (Å²) in [6.45, 7) is 1.89. The minimum Gasteiger partial charge on any atom is -0.505 e. The number of halogens is 1. The number of benzene rings is 2. The summed E-state index contributed by atoms with van der Waals surface area (Å²) < 4.78 is 15.3. The van der Waals surface area contributed by atoms with Crippen LogP contribution in [0, 0.1) is 12.7 Å². The number of aryl methyl sites for hydroxylation is 2. The lowest BCUT2D eigenvalue weighted by atomic mass is 9.88. The molecule has 0 radical (unpaired) electrons. The molecular formula is C24H23FN4O4. The van der Waals surface area contributed by atoms with Gasteiger partial charge in [-0.3, -0.25) is 19.4 Å². The molecule has 0 aliphatic heterocycles. The number of phenols is 1. The van der Waals surface area contributed by atoms with Crippen molar-refractivity contribution in [2.24, 2.45) is 10.2 Å². The molecule has 0 spiro atoms. The van der Waals surface area contributed by atoms with Crippen LogP contribution in [0.15, 0.2) is 51.4 Å². The number of rotatable bonds is 7. The van der Waals surface area contributed by atoms with Gasteiger partial charge in [0.05, 0.1) is 5.69 Å². The number of azo groups is 1. The molecule has 0 fully saturated rings. The van der Waals surface area contributed by atoms with Gasteiger partial charge in [-0.25, -0.2) is 4.39 Å². The van der Waals surface area contributed by atoms with Gasteiger partial charge >= 0.3 is 5.97 Å². The van der Waals surface area contributed by atoms with E-state index in [2.05, 4.69) is 15.3 Å². The molecule has 9 heteroatoms. The molecule has 0 amide bonds. The first-order valence-electron chi connectivity index (χ1n) is 10.6. The second-order valence-electron chi connectivity index (χ2n) is 7.89. The number of carboxylic acid groups (broad SMARTS) is 1. The fraction of sp³-hybridized carbons (Fsp3) is 0.250. The van der Waals surface area contributed by atoms with Gasteiger partial charge in [0.15, 0.2) is 11.4 Å². The molecule has 0 bridgehead atoms. The van der Waals surface area contributed by atoms with Gasteiger partial charge in [-0.1, -0.05) is 30.3 Å². The van der Waals surface area contributed by atoms with Crippen molar-refractivity contribution in [3.8, 4) is 5.75 Å². The summed E-state index contributed by atoms with van der Waals surface area (Å²) in [6.07, 6.45) is 3.22. The smallest absolute Gasteiger partial charge is 0.303 e. The number of para-hydroxylation sites is 1. The number of carbonyl (C=O) groups is 1. The number of hydrogen-bond donors (Lipinski definition) is 3. The Kier molecular flexibility index (Phi) is 6.21. The molecule has 0 saturated carbocycles. The van der Waals surface area contributed by atoms with Crippen molar-refractivity contribution in [2.75, 3.05) is 0 Å². The van der Waals surface area contributed by atoms with Crippen LogP contribution in [0.4, 0.5) is 15.8 Å². The monoisotopic (exact) mass is 450 g/mol. The third-order valence-electron chi connectivity index (χ3n) is 5.63. The summed E-state index contributed by atoms with van der Waals surface area (Å²) in [7, 11) is 0. The Balaban J connectivity index is 1.60. The summed E-state index contributed by atoms with van der Waals surface area (Å²) in [5.74, 6) is -1.23. The van der Waals surface area contributed by atoms with Gasteiger partial charge < -0.3 is 10.2 Å². The van der Waals surface area contributed by atoms with Gasteiger partial charge in [0, 0.05) is 18.5 Å². The van der Waals surface area contributed by atoms with Crippen LogP contribution in [0.3, 0.4) is 0 Å². The van der Waals surface area contributed by atoms with Crippen LogP contribution in [-0.4, -0.2) is 26.0 Å². The first-order chi connectivity index (χ1) is 15.8. The maximum absolute atomic E-state index is 14.0. The average molecular weight is 450 g/mol. The van der Waals surface area contributed by atoms with Crippen molar-refractivity contribution >= 4 is 29.0 Å². The van der Waals surface area contributed by atoms with Crippen molar-refractivity contribution in [1.82, 2.24) is 9.78 Å². The minimum atomic E-state index is -0.928. The second-order valence-corrected chi connectivity index (χ2v) is 7.89. The van der Waals surface area contributed by atoms with Crippen molar-refractivity contribution in [3.63, 3.8) is 0 Å². The van der Waals surface area contributed by atoms with Crippen LogP contribution < -0.4 is 5.56 Å². The summed E-state index contributed by atoms with van der Waals surface area (Å²) in [6, 6.07) is 10.0. The van der Waals surface area contributed by atoms with Crippen LogP contribution in [0.1, 0.15) is 41.6 Å². The molecule has 0 saturated heterocycles. The van der Waals surface area contributed by atoms with Gasteiger partial charge in [0.1, 0.15) is 11.5 Å². The number of carboxylic acids is 1. The van der Waals surface area contributed by atoms with E-state index in [0.717, 1.165) is 11.1 Å².